The fourth-order valence-corrected chi connectivity index (χ4v) is 3.29. The number of nitrogens with zero attached hydrogens (tertiary/aromatic N) is 4. The summed E-state index contributed by atoms with van der Waals surface area (Å²) in [7, 11) is 0. The Labute approximate surface area is 131 Å². The van der Waals surface area contributed by atoms with Crippen molar-refractivity contribution in [1.82, 2.24) is 19.5 Å². The third-order valence-electron chi connectivity index (χ3n) is 3.59. The highest BCUT2D eigenvalue weighted by Gasteiger charge is 2.44. The summed E-state index contributed by atoms with van der Waals surface area (Å²) in [5, 5.41) is 20.9. The van der Waals surface area contributed by atoms with Crippen molar-refractivity contribution in [3.63, 3.8) is 0 Å². The predicted octanol–water partition coefficient (Wildman–Crippen LogP) is 0.169. The Morgan fingerprint density at radius 1 is 1.32 bits per heavy atom. The Hall–Kier alpha value is -1.42. The van der Waals surface area contributed by atoms with Crippen molar-refractivity contribution in [3.8, 4) is 0 Å². The standard InChI is InChI=1S/C13H19N5O3S/c1-6(2)22-3-7-9(19)10(20)13(21-7)18-5-17-8-11(14)15-4-16-12(8)18/h4-7,9-10,13,19-20H,3H2,1-2H3,(H2,14,15,16)/t7-,9-,10-,13-/m1/s1. The highest BCUT2D eigenvalue weighted by atomic mass is 32.2. The number of aliphatic hydroxyl groups is 2. The molecule has 3 heterocycles. The first-order chi connectivity index (χ1) is 10.5. The zero-order valence-corrected chi connectivity index (χ0v) is 13.1. The Kier molecular flexibility index (Phi) is 4.22. The maximum Gasteiger partial charge on any atom is 0.167 e. The normalized spacial score (nSPS) is 28.8. The summed E-state index contributed by atoms with van der Waals surface area (Å²) in [6.45, 7) is 4.14. The summed E-state index contributed by atoms with van der Waals surface area (Å²) in [6.07, 6.45) is -0.358. The summed E-state index contributed by atoms with van der Waals surface area (Å²) >= 11 is 1.67. The minimum Gasteiger partial charge on any atom is -0.387 e. The van der Waals surface area contributed by atoms with Crippen molar-refractivity contribution in [2.75, 3.05) is 11.5 Å². The minimum absolute atomic E-state index is 0.267. The Morgan fingerprint density at radius 2 is 2.09 bits per heavy atom. The molecule has 2 aromatic heterocycles. The van der Waals surface area contributed by atoms with Crippen molar-refractivity contribution < 1.29 is 14.9 Å². The zero-order valence-electron chi connectivity index (χ0n) is 12.3. The van der Waals surface area contributed by atoms with E-state index in [0.717, 1.165) is 0 Å². The SMILES string of the molecule is CC(C)SC[C@H]1O[C@@H](n2cnc3c(N)ncnc32)[C@H](O)[C@@H]1O. The number of nitrogen functional groups attached to an aromatic ring is 1. The molecule has 0 spiro atoms. The van der Waals surface area contributed by atoms with Gasteiger partial charge >= 0.3 is 0 Å². The molecule has 0 saturated carbocycles. The number of hydrogen-bond donors (Lipinski definition) is 3. The summed E-state index contributed by atoms with van der Waals surface area (Å²) in [5.74, 6) is 0.875. The first kappa shape index (κ1) is 15.5. The van der Waals surface area contributed by atoms with E-state index in [9.17, 15) is 10.2 Å². The molecule has 0 radical (unpaired) electrons. The monoisotopic (exact) mass is 325 g/mol. The first-order valence-corrected chi connectivity index (χ1v) is 8.10. The molecule has 8 nitrogen and oxygen atoms in total. The van der Waals surface area contributed by atoms with Gasteiger partial charge in [0.1, 0.15) is 24.1 Å². The number of ether oxygens (including phenoxy) is 1. The first-order valence-electron chi connectivity index (χ1n) is 7.05. The van der Waals surface area contributed by atoms with Crippen LogP contribution in [-0.4, -0.2) is 59.0 Å². The lowest BCUT2D eigenvalue weighted by molar-refractivity contribution is -0.0289. The topological polar surface area (TPSA) is 119 Å². The maximum absolute atomic E-state index is 10.3. The van der Waals surface area contributed by atoms with Crippen LogP contribution in [0.25, 0.3) is 11.2 Å². The van der Waals surface area contributed by atoms with Crippen LogP contribution in [0.15, 0.2) is 12.7 Å². The van der Waals surface area contributed by atoms with Gasteiger partial charge in [-0.1, -0.05) is 13.8 Å². The Balaban J connectivity index is 1.86. The van der Waals surface area contributed by atoms with Crippen molar-refractivity contribution in [3.05, 3.63) is 12.7 Å². The molecule has 0 aromatic carbocycles. The van der Waals surface area contributed by atoms with E-state index < -0.39 is 24.5 Å². The number of imidazole rings is 1. The van der Waals surface area contributed by atoms with E-state index in [2.05, 4.69) is 28.8 Å². The molecule has 1 fully saturated rings. The number of fused-ring (bicyclic) bond motifs is 1. The van der Waals surface area contributed by atoms with E-state index in [0.29, 0.717) is 22.2 Å². The molecule has 4 N–H and O–H groups in total. The molecule has 0 amide bonds. The summed E-state index contributed by atoms with van der Waals surface area (Å²) < 4.78 is 7.41. The molecule has 120 valence electrons. The molecule has 1 aliphatic rings. The number of aliphatic hydroxyl groups excluding tert-OH is 2. The summed E-state index contributed by atoms with van der Waals surface area (Å²) in [5.41, 5.74) is 6.68. The molecule has 3 rings (SSSR count). The lowest BCUT2D eigenvalue weighted by atomic mass is 10.1. The molecule has 4 atom stereocenters. The van der Waals surface area contributed by atoms with Gasteiger partial charge in [-0.05, 0) is 5.25 Å². The molecule has 0 bridgehead atoms. The molecule has 0 aliphatic carbocycles. The third kappa shape index (κ3) is 2.65. The van der Waals surface area contributed by atoms with Crippen LogP contribution in [-0.2, 0) is 4.74 Å². The van der Waals surface area contributed by atoms with Gasteiger partial charge in [0.2, 0.25) is 0 Å². The quantitative estimate of drug-likeness (QED) is 0.728. The lowest BCUT2D eigenvalue weighted by Gasteiger charge is -2.16. The fraction of sp³-hybridized carbons (Fsp3) is 0.615. The molecular weight excluding hydrogens is 306 g/mol. The van der Waals surface area contributed by atoms with Gasteiger partial charge in [0, 0.05) is 5.75 Å². The van der Waals surface area contributed by atoms with Crippen LogP contribution in [0.1, 0.15) is 20.1 Å². The number of hydrogen-bond acceptors (Lipinski definition) is 8. The zero-order chi connectivity index (χ0) is 15.9. The Bertz CT molecular complexity index is 664. The number of nitrogens with two attached hydrogens (primary N) is 1. The maximum atomic E-state index is 10.3. The summed E-state index contributed by atoms with van der Waals surface area (Å²) in [6, 6.07) is 0. The molecule has 9 heteroatoms. The predicted molar refractivity (Wildman–Crippen MR) is 83.3 cm³/mol. The number of thioether (sulfide) groups is 1. The highest BCUT2D eigenvalue weighted by Crippen LogP contribution is 2.33. The number of anilines is 1. The van der Waals surface area contributed by atoms with E-state index in [1.54, 1.807) is 16.3 Å². The molecule has 1 aliphatic heterocycles. The van der Waals surface area contributed by atoms with E-state index in [4.69, 9.17) is 10.5 Å². The van der Waals surface area contributed by atoms with Crippen LogP contribution in [0.4, 0.5) is 5.82 Å². The lowest BCUT2D eigenvalue weighted by Crippen LogP contribution is -2.32. The number of rotatable bonds is 4. The average Bonchev–Trinajstić information content (AvgIpc) is 3.01. The van der Waals surface area contributed by atoms with Crippen LogP contribution >= 0.6 is 11.8 Å². The van der Waals surface area contributed by atoms with Gasteiger partial charge in [0.15, 0.2) is 17.7 Å². The van der Waals surface area contributed by atoms with Gasteiger partial charge in [-0.25, -0.2) is 15.0 Å². The van der Waals surface area contributed by atoms with E-state index in [1.165, 1.54) is 12.7 Å². The molecule has 2 aromatic rings. The van der Waals surface area contributed by atoms with Gasteiger partial charge in [-0.3, -0.25) is 4.57 Å². The molecule has 22 heavy (non-hydrogen) atoms. The molecular formula is C13H19N5O3S. The average molecular weight is 325 g/mol. The van der Waals surface area contributed by atoms with Crippen LogP contribution < -0.4 is 5.73 Å². The van der Waals surface area contributed by atoms with Gasteiger partial charge < -0.3 is 20.7 Å². The Morgan fingerprint density at radius 3 is 2.82 bits per heavy atom. The van der Waals surface area contributed by atoms with Gasteiger partial charge in [-0.2, -0.15) is 11.8 Å². The van der Waals surface area contributed by atoms with Gasteiger partial charge in [-0.15, -0.1) is 0 Å². The van der Waals surface area contributed by atoms with Crippen LogP contribution in [0.5, 0.6) is 0 Å². The number of aromatic nitrogens is 4. The second-order valence-electron chi connectivity index (χ2n) is 5.51. The van der Waals surface area contributed by atoms with Crippen molar-refractivity contribution >= 4 is 28.7 Å². The smallest absolute Gasteiger partial charge is 0.167 e. The van der Waals surface area contributed by atoms with Gasteiger partial charge in [0.25, 0.3) is 0 Å². The fourth-order valence-electron chi connectivity index (χ4n) is 2.44. The molecule has 0 unspecified atom stereocenters. The summed E-state index contributed by atoms with van der Waals surface area (Å²) in [4.78, 5) is 12.2. The van der Waals surface area contributed by atoms with Gasteiger partial charge in [0.05, 0.1) is 12.4 Å². The van der Waals surface area contributed by atoms with Crippen LogP contribution in [0.3, 0.4) is 0 Å². The van der Waals surface area contributed by atoms with E-state index >= 15 is 0 Å². The van der Waals surface area contributed by atoms with Crippen LogP contribution in [0.2, 0.25) is 0 Å². The molecule has 1 saturated heterocycles. The van der Waals surface area contributed by atoms with Crippen molar-refractivity contribution in [1.29, 1.82) is 0 Å². The van der Waals surface area contributed by atoms with E-state index in [1.807, 2.05) is 0 Å². The third-order valence-corrected chi connectivity index (χ3v) is 4.78. The second-order valence-corrected chi connectivity index (χ2v) is 7.12. The minimum atomic E-state index is -1.05. The van der Waals surface area contributed by atoms with Crippen LogP contribution in [0, 0.1) is 0 Å². The second kappa shape index (κ2) is 5.99. The largest absolute Gasteiger partial charge is 0.387 e. The highest BCUT2D eigenvalue weighted by molar-refractivity contribution is 7.99. The van der Waals surface area contributed by atoms with Crippen molar-refractivity contribution in [2.45, 2.75) is 43.6 Å². The van der Waals surface area contributed by atoms with E-state index in [-0.39, 0.29) is 5.82 Å². The van der Waals surface area contributed by atoms with Crippen molar-refractivity contribution in [2.24, 2.45) is 0 Å².